The Labute approximate surface area is 163 Å². The lowest BCUT2D eigenvalue weighted by molar-refractivity contribution is 0.00578. The van der Waals surface area contributed by atoms with Crippen molar-refractivity contribution in [3.05, 3.63) is 23.8 Å². The van der Waals surface area contributed by atoms with Gasteiger partial charge in [-0.3, -0.25) is 0 Å². The summed E-state index contributed by atoms with van der Waals surface area (Å²) in [6.07, 6.45) is -0.467. The van der Waals surface area contributed by atoms with E-state index in [0.717, 1.165) is 11.0 Å². The normalized spacial score (nSPS) is 18.3. The van der Waals surface area contributed by atoms with E-state index in [-0.39, 0.29) is 6.54 Å². The van der Waals surface area contributed by atoms with Gasteiger partial charge in [-0.05, 0) is 66.9 Å². The lowest BCUT2D eigenvalue weighted by atomic mass is 9.78. The highest BCUT2D eigenvalue weighted by atomic mass is 16.7. The average Bonchev–Trinajstić information content (AvgIpc) is 2.73. The number of nitrogens with one attached hydrogen (secondary N) is 1. The van der Waals surface area contributed by atoms with Gasteiger partial charge in [0.1, 0.15) is 11.4 Å². The standard InChI is InChI=1S/C20H32BNO5/c1-9-24-16-11-10-15(21-26-19(5,6)20(7,8)27-21)12-14(16)13-22-17(23)25-18(2,3)4/h10-12H,9,13H2,1-8H3,(H,22,23). The summed E-state index contributed by atoms with van der Waals surface area (Å²) in [6.45, 7) is 16.3. The van der Waals surface area contributed by atoms with Crippen LogP contribution in [-0.4, -0.2) is 36.6 Å². The minimum absolute atomic E-state index is 0.289. The Morgan fingerprint density at radius 3 is 2.26 bits per heavy atom. The van der Waals surface area contributed by atoms with E-state index in [4.69, 9.17) is 18.8 Å². The van der Waals surface area contributed by atoms with Crippen molar-refractivity contribution in [3.8, 4) is 5.75 Å². The number of hydrogen-bond donors (Lipinski definition) is 1. The van der Waals surface area contributed by atoms with E-state index in [0.29, 0.717) is 12.4 Å². The van der Waals surface area contributed by atoms with E-state index < -0.39 is 30.0 Å². The Hall–Kier alpha value is -1.73. The number of ether oxygens (including phenoxy) is 2. The fraction of sp³-hybridized carbons (Fsp3) is 0.650. The Bertz CT molecular complexity index is 665. The van der Waals surface area contributed by atoms with Crippen molar-refractivity contribution < 1.29 is 23.6 Å². The monoisotopic (exact) mass is 377 g/mol. The van der Waals surface area contributed by atoms with Gasteiger partial charge in [-0.1, -0.05) is 12.1 Å². The maximum Gasteiger partial charge on any atom is 0.494 e. The molecular formula is C20H32BNO5. The van der Waals surface area contributed by atoms with Gasteiger partial charge in [0.25, 0.3) is 0 Å². The smallest absolute Gasteiger partial charge is 0.494 e. The summed E-state index contributed by atoms with van der Waals surface area (Å²) in [7, 11) is -0.467. The molecule has 0 bridgehead atoms. The first-order valence-electron chi connectivity index (χ1n) is 9.43. The van der Waals surface area contributed by atoms with Crippen molar-refractivity contribution in [1.82, 2.24) is 5.32 Å². The topological polar surface area (TPSA) is 66.0 Å². The van der Waals surface area contributed by atoms with Gasteiger partial charge in [0, 0.05) is 12.1 Å². The molecule has 0 aromatic heterocycles. The Kier molecular flexibility index (Phi) is 6.17. The van der Waals surface area contributed by atoms with Gasteiger partial charge in [0.05, 0.1) is 17.8 Å². The van der Waals surface area contributed by atoms with Gasteiger partial charge in [-0.25, -0.2) is 4.79 Å². The van der Waals surface area contributed by atoms with Crippen LogP contribution >= 0.6 is 0 Å². The molecule has 2 rings (SSSR count). The van der Waals surface area contributed by atoms with Gasteiger partial charge < -0.3 is 24.1 Å². The van der Waals surface area contributed by atoms with Crippen LogP contribution in [0.3, 0.4) is 0 Å². The van der Waals surface area contributed by atoms with E-state index in [1.54, 1.807) is 0 Å². The molecule has 0 unspecified atom stereocenters. The highest BCUT2D eigenvalue weighted by molar-refractivity contribution is 6.62. The number of benzene rings is 1. The highest BCUT2D eigenvalue weighted by Crippen LogP contribution is 2.36. The Morgan fingerprint density at radius 1 is 1.15 bits per heavy atom. The third-order valence-electron chi connectivity index (χ3n) is 4.73. The van der Waals surface area contributed by atoms with Crippen molar-refractivity contribution in [3.63, 3.8) is 0 Å². The molecule has 1 aliphatic rings. The number of rotatable bonds is 5. The van der Waals surface area contributed by atoms with Crippen molar-refractivity contribution in [1.29, 1.82) is 0 Å². The van der Waals surface area contributed by atoms with E-state index in [2.05, 4.69) is 5.32 Å². The Balaban J connectivity index is 2.18. The van der Waals surface area contributed by atoms with E-state index >= 15 is 0 Å². The summed E-state index contributed by atoms with van der Waals surface area (Å²) in [6, 6.07) is 5.77. The molecule has 1 amide bonds. The van der Waals surface area contributed by atoms with Gasteiger partial charge in [-0.2, -0.15) is 0 Å². The number of carbonyl (C=O) groups is 1. The highest BCUT2D eigenvalue weighted by Gasteiger charge is 2.51. The minimum atomic E-state index is -0.544. The molecule has 0 radical (unpaired) electrons. The molecule has 1 N–H and O–H groups in total. The van der Waals surface area contributed by atoms with Crippen LogP contribution in [0, 0.1) is 0 Å². The molecule has 1 aromatic rings. The van der Waals surface area contributed by atoms with Crippen LogP contribution in [0.5, 0.6) is 5.75 Å². The molecule has 1 aliphatic heterocycles. The average molecular weight is 377 g/mol. The molecule has 0 spiro atoms. The van der Waals surface area contributed by atoms with E-state index in [1.165, 1.54) is 0 Å². The summed E-state index contributed by atoms with van der Waals surface area (Å²) >= 11 is 0. The molecule has 1 heterocycles. The molecule has 6 nitrogen and oxygen atoms in total. The second-order valence-electron chi connectivity index (χ2n) is 8.74. The molecule has 0 aliphatic carbocycles. The zero-order valence-corrected chi connectivity index (χ0v) is 17.8. The lowest BCUT2D eigenvalue weighted by Crippen LogP contribution is -2.41. The van der Waals surface area contributed by atoms with Crippen LogP contribution in [0.15, 0.2) is 18.2 Å². The molecule has 1 saturated heterocycles. The fourth-order valence-electron chi connectivity index (χ4n) is 2.64. The summed E-state index contributed by atoms with van der Waals surface area (Å²) < 4.78 is 23.2. The molecule has 27 heavy (non-hydrogen) atoms. The third-order valence-corrected chi connectivity index (χ3v) is 4.73. The molecule has 150 valence electrons. The SMILES string of the molecule is CCOc1ccc(B2OC(C)(C)C(C)(C)O2)cc1CNC(=O)OC(C)(C)C. The number of hydrogen-bond acceptors (Lipinski definition) is 5. The first-order valence-corrected chi connectivity index (χ1v) is 9.43. The number of amides is 1. The van der Waals surface area contributed by atoms with Crippen LogP contribution in [-0.2, 0) is 20.6 Å². The second kappa shape index (κ2) is 7.72. The molecule has 1 fully saturated rings. The summed E-state index contributed by atoms with van der Waals surface area (Å²) in [5.74, 6) is 0.717. The largest absolute Gasteiger partial charge is 0.494 e. The Morgan fingerprint density at radius 2 is 1.74 bits per heavy atom. The van der Waals surface area contributed by atoms with Crippen molar-refractivity contribution in [2.75, 3.05) is 6.61 Å². The van der Waals surface area contributed by atoms with Crippen LogP contribution in [0.25, 0.3) is 0 Å². The maximum absolute atomic E-state index is 12.0. The lowest BCUT2D eigenvalue weighted by Gasteiger charge is -2.32. The van der Waals surface area contributed by atoms with Crippen LogP contribution in [0.4, 0.5) is 4.79 Å². The fourth-order valence-corrected chi connectivity index (χ4v) is 2.64. The van der Waals surface area contributed by atoms with Crippen molar-refractivity contribution in [2.45, 2.75) is 78.7 Å². The zero-order valence-electron chi connectivity index (χ0n) is 17.8. The second-order valence-corrected chi connectivity index (χ2v) is 8.74. The van der Waals surface area contributed by atoms with Crippen molar-refractivity contribution >= 4 is 18.7 Å². The number of carbonyl (C=O) groups excluding carboxylic acids is 1. The van der Waals surface area contributed by atoms with Gasteiger partial charge in [0.2, 0.25) is 0 Å². The maximum atomic E-state index is 12.0. The third kappa shape index (κ3) is 5.39. The molecule has 0 atom stereocenters. The van der Waals surface area contributed by atoms with Gasteiger partial charge >= 0.3 is 13.2 Å². The first kappa shape index (κ1) is 21.6. The van der Waals surface area contributed by atoms with E-state index in [9.17, 15) is 4.79 Å². The summed E-state index contributed by atoms with van der Waals surface area (Å²) in [5, 5.41) is 2.78. The van der Waals surface area contributed by atoms with E-state index in [1.807, 2.05) is 73.6 Å². The quantitative estimate of drug-likeness (QED) is 0.797. The molecular weight excluding hydrogens is 345 g/mol. The summed E-state index contributed by atoms with van der Waals surface area (Å²) in [4.78, 5) is 12.0. The predicted molar refractivity (Wildman–Crippen MR) is 106 cm³/mol. The molecule has 1 aromatic carbocycles. The summed E-state index contributed by atoms with van der Waals surface area (Å²) in [5.41, 5.74) is 0.362. The minimum Gasteiger partial charge on any atom is -0.494 e. The first-order chi connectivity index (χ1) is 12.3. The van der Waals surface area contributed by atoms with Crippen LogP contribution in [0.2, 0.25) is 0 Å². The van der Waals surface area contributed by atoms with Crippen LogP contribution in [0.1, 0.15) is 61.0 Å². The van der Waals surface area contributed by atoms with Gasteiger partial charge in [-0.15, -0.1) is 0 Å². The zero-order chi connectivity index (χ0) is 20.5. The molecule has 7 heteroatoms. The predicted octanol–water partition coefficient (Wildman–Crippen LogP) is 3.41. The van der Waals surface area contributed by atoms with Crippen LogP contribution < -0.4 is 15.5 Å². The number of alkyl carbamates (subject to hydrolysis) is 1. The van der Waals surface area contributed by atoms with Crippen molar-refractivity contribution in [2.24, 2.45) is 0 Å². The van der Waals surface area contributed by atoms with Gasteiger partial charge in [0.15, 0.2) is 0 Å². The molecule has 0 saturated carbocycles.